The number of rotatable bonds is 7. The molecule has 2 aliphatic heterocycles. The van der Waals surface area contributed by atoms with Crippen LogP contribution in [0.15, 0.2) is 59.9 Å². The minimum atomic E-state index is -0.677. The molecule has 218 valence electrons. The SMILES string of the molecule is C[C@@H](Oc1nccc(-c2cnc([C@@H]3CC[C@@H]4CC(c5c(-n6cnnn6)ccc(Cl)c5F)=CC(=O)N43)[nH]2)c1F)c1ncco1. The summed E-state index contributed by atoms with van der Waals surface area (Å²) in [6.07, 6.45) is 9.60. The summed E-state index contributed by atoms with van der Waals surface area (Å²) in [6.45, 7) is 1.67. The Kier molecular flexibility index (Phi) is 6.69. The molecule has 5 aromatic rings. The molecular formula is C28H22ClF2N9O3. The highest BCUT2D eigenvalue weighted by Crippen LogP contribution is 2.44. The van der Waals surface area contributed by atoms with Gasteiger partial charge in [-0.25, -0.2) is 23.7 Å². The topological polar surface area (TPSA) is 141 Å². The van der Waals surface area contributed by atoms with Crippen LogP contribution in [0.2, 0.25) is 5.02 Å². The van der Waals surface area contributed by atoms with Crippen molar-refractivity contribution in [3.63, 3.8) is 0 Å². The second-order valence-corrected chi connectivity index (χ2v) is 10.6. The van der Waals surface area contributed by atoms with Crippen LogP contribution in [0.4, 0.5) is 8.78 Å². The quantitative estimate of drug-likeness (QED) is 0.270. The van der Waals surface area contributed by atoms with Crippen LogP contribution in [0.3, 0.4) is 0 Å². The number of H-pyrrole nitrogens is 1. The lowest BCUT2D eigenvalue weighted by molar-refractivity contribution is -0.129. The normalized spacial score (nSPS) is 18.9. The molecule has 15 heteroatoms. The molecule has 3 atom stereocenters. The maximum atomic E-state index is 15.5. The van der Waals surface area contributed by atoms with Crippen LogP contribution in [-0.4, -0.2) is 57.0 Å². The molecule has 0 saturated carbocycles. The molecule has 1 amide bonds. The van der Waals surface area contributed by atoms with Gasteiger partial charge in [-0.1, -0.05) is 11.6 Å². The van der Waals surface area contributed by atoms with Gasteiger partial charge < -0.3 is 19.0 Å². The second kappa shape index (κ2) is 10.7. The molecule has 7 rings (SSSR count). The van der Waals surface area contributed by atoms with E-state index < -0.39 is 17.7 Å². The summed E-state index contributed by atoms with van der Waals surface area (Å²) < 4.78 is 43.0. The van der Waals surface area contributed by atoms with Crippen LogP contribution < -0.4 is 4.74 Å². The molecule has 0 aliphatic carbocycles. The lowest BCUT2D eigenvalue weighted by Gasteiger charge is -2.33. The van der Waals surface area contributed by atoms with E-state index in [0.717, 1.165) is 0 Å². The highest BCUT2D eigenvalue weighted by atomic mass is 35.5. The number of hydrogen-bond acceptors (Lipinski definition) is 9. The Labute approximate surface area is 247 Å². The standard InChI is InChI=1S/C28H22ClF2N9O3/c1-14(27-33-8-9-42-27)43-28-24(30)17(6-7-32-28)19-12-34-26(36-19)21-4-2-16-10-15(11-22(41)40(16)21)23-20(39-13-35-37-38-39)5-3-18(29)25(23)31/h3,5-9,11-14,16,21H,2,4,10H2,1H3,(H,34,36)/t14-,16-,21+/m1/s1. The number of oxazole rings is 1. The third-order valence-corrected chi connectivity index (χ3v) is 7.94. The highest BCUT2D eigenvalue weighted by molar-refractivity contribution is 6.31. The number of carbonyl (C=O) groups is 1. The van der Waals surface area contributed by atoms with Gasteiger partial charge >= 0.3 is 0 Å². The number of benzene rings is 1. The zero-order chi connectivity index (χ0) is 29.7. The fraction of sp³-hybridized carbons (Fsp3) is 0.250. The number of nitrogens with one attached hydrogen (secondary N) is 1. The summed E-state index contributed by atoms with van der Waals surface area (Å²) in [4.78, 5) is 31.0. The zero-order valence-electron chi connectivity index (χ0n) is 22.5. The fourth-order valence-corrected chi connectivity index (χ4v) is 5.87. The van der Waals surface area contributed by atoms with Crippen molar-refractivity contribution < 1.29 is 22.7 Å². The van der Waals surface area contributed by atoms with E-state index in [1.165, 1.54) is 54.1 Å². The number of amides is 1. The summed E-state index contributed by atoms with van der Waals surface area (Å²) in [5.41, 5.74) is 1.67. The number of pyridine rings is 1. The molecule has 1 N–H and O–H groups in total. The van der Waals surface area contributed by atoms with Crippen molar-refractivity contribution in [2.24, 2.45) is 0 Å². The van der Waals surface area contributed by atoms with E-state index in [-0.39, 0.29) is 40.0 Å². The van der Waals surface area contributed by atoms with E-state index in [0.29, 0.717) is 47.9 Å². The molecular weight excluding hydrogens is 584 g/mol. The molecule has 43 heavy (non-hydrogen) atoms. The number of carbonyl (C=O) groups excluding carboxylic acids is 1. The number of hydrogen-bond donors (Lipinski definition) is 1. The number of tetrazole rings is 1. The van der Waals surface area contributed by atoms with Gasteiger partial charge in [-0.05, 0) is 60.4 Å². The van der Waals surface area contributed by atoms with E-state index in [4.69, 9.17) is 20.8 Å². The van der Waals surface area contributed by atoms with E-state index in [1.54, 1.807) is 17.9 Å². The molecule has 1 saturated heterocycles. The maximum Gasteiger partial charge on any atom is 0.251 e. The first-order chi connectivity index (χ1) is 20.9. The first-order valence-electron chi connectivity index (χ1n) is 13.4. The average Bonchev–Trinajstić information content (AvgIpc) is 3.82. The maximum absolute atomic E-state index is 15.5. The van der Waals surface area contributed by atoms with E-state index in [1.807, 2.05) is 0 Å². The van der Waals surface area contributed by atoms with Gasteiger partial charge in [-0.15, -0.1) is 5.10 Å². The van der Waals surface area contributed by atoms with Gasteiger partial charge in [0.2, 0.25) is 11.8 Å². The largest absolute Gasteiger partial charge is 0.463 e. The van der Waals surface area contributed by atoms with Gasteiger partial charge in [0, 0.05) is 29.4 Å². The van der Waals surface area contributed by atoms with Gasteiger partial charge in [-0.2, -0.15) is 4.68 Å². The minimum Gasteiger partial charge on any atom is -0.463 e. The smallest absolute Gasteiger partial charge is 0.251 e. The van der Waals surface area contributed by atoms with E-state index in [9.17, 15) is 4.79 Å². The highest BCUT2D eigenvalue weighted by Gasteiger charge is 2.42. The number of ether oxygens (including phenoxy) is 1. The number of halogens is 3. The monoisotopic (exact) mass is 605 g/mol. The predicted octanol–water partition coefficient (Wildman–Crippen LogP) is 5.03. The predicted molar refractivity (Wildman–Crippen MR) is 147 cm³/mol. The van der Waals surface area contributed by atoms with Crippen LogP contribution in [0.25, 0.3) is 22.5 Å². The number of imidazole rings is 1. The third kappa shape index (κ3) is 4.73. The van der Waals surface area contributed by atoms with E-state index >= 15 is 8.78 Å². The Morgan fingerprint density at radius 3 is 2.81 bits per heavy atom. The van der Waals surface area contributed by atoms with Crippen LogP contribution in [0.5, 0.6) is 5.88 Å². The summed E-state index contributed by atoms with van der Waals surface area (Å²) in [5.74, 6) is -1.02. The lowest BCUT2D eigenvalue weighted by Crippen LogP contribution is -2.39. The number of fused-ring (bicyclic) bond motifs is 1. The van der Waals surface area contributed by atoms with Crippen molar-refractivity contribution in [3.05, 3.63) is 89.4 Å². The van der Waals surface area contributed by atoms with Crippen LogP contribution in [0.1, 0.15) is 55.6 Å². The first-order valence-corrected chi connectivity index (χ1v) is 13.8. The van der Waals surface area contributed by atoms with Crippen molar-refractivity contribution in [1.29, 1.82) is 0 Å². The molecule has 4 aromatic heterocycles. The van der Waals surface area contributed by atoms with Gasteiger partial charge in [0.1, 0.15) is 18.4 Å². The molecule has 2 aliphatic rings. The molecule has 1 fully saturated rings. The third-order valence-electron chi connectivity index (χ3n) is 7.65. The molecule has 0 spiro atoms. The van der Waals surface area contributed by atoms with Crippen LogP contribution in [0, 0.1) is 11.6 Å². The van der Waals surface area contributed by atoms with Gasteiger partial charge in [0.05, 0.1) is 34.8 Å². The zero-order valence-corrected chi connectivity index (χ0v) is 23.2. The summed E-state index contributed by atoms with van der Waals surface area (Å²) in [5, 5.41) is 11.1. The number of nitrogens with zero attached hydrogens (tertiary/aromatic N) is 8. The van der Waals surface area contributed by atoms with Crippen molar-refractivity contribution in [3.8, 4) is 22.8 Å². The second-order valence-electron chi connectivity index (χ2n) is 10.2. The lowest BCUT2D eigenvalue weighted by atomic mass is 9.92. The molecule has 0 unspecified atom stereocenters. The summed E-state index contributed by atoms with van der Waals surface area (Å²) in [7, 11) is 0. The van der Waals surface area contributed by atoms with Crippen molar-refractivity contribution in [2.75, 3.05) is 0 Å². The Balaban J connectivity index is 1.15. The fourth-order valence-electron chi connectivity index (χ4n) is 5.72. The molecule has 1 aromatic carbocycles. The van der Waals surface area contributed by atoms with Gasteiger partial charge in [-0.3, -0.25) is 4.79 Å². The summed E-state index contributed by atoms with van der Waals surface area (Å²) in [6, 6.07) is 3.96. The average molecular weight is 606 g/mol. The Morgan fingerprint density at radius 1 is 1.14 bits per heavy atom. The number of aromatic nitrogens is 8. The van der Waals surface area contributed by atoms with E-state index in [2.05, 4.69) is 35.5 Å². The Bertz CT molecular complexity index is 1840. The molecule has 6 heterocycles. The van der Waals surface area contributed by atoms with Crippen molar-refractivity contribution >= 4 is 23.1 Å². The Hall–Kier alpha value is -4.98. The number of aromatic amines is 1. The minimum absolute atomic E-state index is 0.0704. The van der Waals surface area contributed by atoms with Crippen LogP contribution in [-0.2, 0) is 4.79 Å². The molecule has 0 bridgehead atoms. The first kappa shape index (κ1) is 26.9. The van der Waals surface area contributed by atoms with Gasteiger partial charge in [0.15, 0.2) is 17.7 Å². The van der Waals surface area contributed by atoms with Crippen molar-refractivity contribution in [2.45, 2.75) is 44.4 Å². The summed E-state index contributed by atoms with van der Waals surface area (Å²) >= 11 is 6.12. The van der Waals surface area contributed by atoms with Crippen LogP contribution >= 0.6 is 11.6 Å². The Morgan fingerprint density at radius 2 is 2.02 bits per heavy atom. The molecule has 0 radical (unpaired) electrons. The van der Waals surface area contributed by atoms with Crippen molar-refractivity contribution in [1.82, 2.24) is 45.0 Å². The molecule has 12 nitrogen and oxygen atoms in total. The van der Waals surface area contributed by atoms with Gasteiger partial charge in [0.25, 0.3) is 5.88 Å².